The van der Waals surface area contributed by atoms with Gasteiger partial charge in [-0.15, -0.1) is 0 Å². The van der Waals surface area contributed by atoms with Crippen molar-refractivity contribution in [2.75, 3.05) is 11.1 Å². The van der Waals surface area contributed by atoms with Gasteiger partial charge < -0.3 is 11.1 Å². The molecule has 82 valence electrons. The molecule has 16 heavy (non-hydrogen) atoms. The first kappa shape index (κ1) is 10.6. The van der Waals surface area contributed by atoms with Crippen molar-refractivity contribution in [3.05, 3.63) is 41.6 Å². The van der Waals surface area contributed by atoms with E-state index in [1.807, 2.05) is 0 Å². The number of rotatable bonds is 2. The number of halogens is 2. The third-order valence-corrected chi connectivity index (χ3v) is 2.23. The van der Waals surface area contributed by atoms with Gasteiger partial charge in [-0.3, -0.25) is 0 Å². The first-order valence-corrected chi connectivity index (χ1v) is 4.82. The molecule has 0 unspecified atom stereocenters. The van der Waals surface area contributed by atoms with E-state index >= 15 is 0 Å². The molecule has 0 aliphatic carbocycles. The molecule has 1 heterocycles. The molecule has 0 saturated carbocycles. The van der Waals surface area contributed by atoms with Gasteiger partial charge in [0, 0.05) is 5.69 Å². The Labute approximate surface area is 96.3 Å². The molecule has 6 heteroatoms. The minimum atomic E-state index is -0.501. The molecule has 0 radical (unpaired) electrons. The first-order valence-electron chi connectivity index (χ1n) is 4.44. The number of aromatic nitrogens is 2. The van der Waals surface area contributed by atoms with E-state index in [0.717, 1.165) is 0 Å². The number of benzene rings is 1. The van der Waals surface area contributed by atoms with Crippen LogP contribution in [0, 0.1) is 5.82 Å². The fraction of sp³-hybridized carbons (Fsp3) is 0. The molecule has 2 rings (SSSR count). The van der Waals surface area contributed by atoms with Crippen molar-refractivity contribution >= 4 is 28.8 Å². The van der Waals surface area contributed by atoms with Crippen LogP contribution < -0.4 is 11.1 Å². The number of hydrogen-bond acceptors (Lipinski definition) is 4. The van der Waals surface area contributed by atoms with Crippen LogP contribution in [0.5, 0.6) is 0 Å². The maximum absolute atomic E-state index is 13.1. The van der Waals surface area contributed by atoms with Gasteiger partial charge >= 0.3 is 0 Å². The Hall–Kier alpha value is -1.88. The molecular formula is C10H8ClFN4. The molecule has 1 aromatic carbocycles. The van der Waals surface area contributed by atoms with Crippen LogP contribution in [0.4, 0.5) is 21.6 Å². The SMILES string of the molecule is Nc1cncnc1Nc1ccc(Cl)c(F)c1. The second-order valence-corrected chi connectivity index (χ2v) is 3.49. The molecule has 0 fully saturated rings. The predicted octanol–water partition coefficient (Wildman–Crippen LogP) is 2.59. The van der Waals surface area contributed by atoms with Crippen LogP contribution in [0.1, 0.15) is 0 Å². The summed E-state index contributed by atoms with van der Waals surface area (Å²) in [5.74, 6) is -0.0731. The van der Waals surface area contributed by atoms with Crippen molar-refractivity contribution in [2.45, 2.75) is 0 Å². The molecule has 0 atom stereocenters. The normalized spacial score (nSPS) is 10.1. The molecule has 2 aromatic rings. The maximum Gasteiger partial charge on any atom is 0.157 e. The van der Waals surface area contributed by atoms with Crippen molar-refractivity contribution in [1.82, 2.24) is 9.97 Å². The molecule has 4 nitrogen and oxygen atoms in total. The number of anilines is 3. The van der Waals surface area contributed by atoms with Crippen molar-refractivity contribution in [1.29, 1.82) is 0 Å². The summed E-state index contributed by atoms with van der Waals surface area (Å²) >= 11 is 5.56. The molecular weight excluding hydrogens is 231 g/mol. The Morgan fingerprint density at radius 1 is 1.38 bits per heavy atom. The Morgan fingerprint density at radius 3 is 2.88 bits per heavy atom. The summed E-state index contributed by atoms with van der Waals surface area (Å²) in [5, 5.41) is 2.94. The molecule has 0 aliphatic rings. The summed E-state index contributed by atoms with van der Waals surface area (Å²) in [6.07, 6.45) is 2.81. The minimum absolute atomic E-state index is 0.0706. The van der Waals surface area contributed by atoms with Gasteiger partial charge in [0.05, 0.1) is 16.9 Å². The standard InChI is InChI=1S/C10H8ClFN4/c11-7-2-1-6(3-8(7)12)16-10-9(13)4-14-5-15-10/h1-5H,13H2,(H,14,15,16). The lowest BCUT2D eigenvalue weighted by molar-refractivity contribution is 0.629. The van der Waals surface area contributed by atoms with E-state index in [1.165, 1.54) is 24.7 Å². The lowest BCUT2D eigenvalue weighted by Crippen LogP contribution is -1.99. The summed E-state index contributed by atoms with van der Waals surface area (Å²) in [5.41, 5.74) is 6.54. The predicted molar refractivity (Wildman–Crippen MR) is 61.1 cm³/mol. The van der Waals surface area contributed by atoms with Crippen molar-refractivity contribution in [3.63, 3.8) is 0 Å². The van der Waals surface area contributed by atoms with E-state index in [9.17, 15) is 4.39 Å². The topological polar surface area (TPSA) is 63.8 Å². The Balaban J connectivity index is 2.28. The first-order chi connectivity index (χ1) is 7.66. The van der Waals surface area contributed by atoms with Gasteiger partial charge in [-0.1, -0.05) is 11.6 Å². The van der Waals surface area contributed by atoms with E-state index in [0.29, 0.717) is 17.2 Å². The molecule has 1 aromatic heterocycles. The van der Waals surface area contributed by atoms with E-state index in [-0.39, 0.29) is 5.02 Å². The van der Waals surface area contributed by atoms with E-state index in [2.05, 4.69) is 15.3 Å². The molecule has 0 saturated heterocycles. The second-order valence-electron chi connectivity index (χ2n) is 3.08. The minimum Gasteiger partial charge on any atom is -0.394 e. The average molecular weight is 239 g/mol. The van der Waals surface area contributed by atoms with Crippen LogP contribution in [-0.2, 0) is 0 Å². The average Bonchev–Trinajstić information content (AvgIpc) is 2.27. The van der Waals surface area contributed by atoms with Gasteiger partial charge in [0.15, 0.2) is 5.82 Å². The molecule has 3 N–H and O–H groups in total. The third kappa shape index (κ3) is 2.20. The summed E-state index contributed by atoms with van der Waals surface area (Å²) in [6.45, 7) is 0. The van der Waals surface area contributed by atoms with Gasteiger partial charge in [0.25, 0.3) is 0 Å². The summed E-state index contributed by atoms with van der Waals surface area (Å²) < 4.78 is 13.1. The number of nitrogens with one attached hydrogen (secondary N) is 1. The van der Waals surface area contributed by atoms with Crippen LogP contribution in [0.25, 0.3) is 0 Å². The zero-order valence-corrected chi connectivity index (χ0v) is 8.87. The number of nitrogens with zero attached hydrogens (tertiary/aromatic N) is 2. The fourth-order valence-corrected chi connectivity index (χ4v) is 1.27. The van der Waals surface area contributed by atoms with E-state index in [1.54, 1.807) is 6.07 Å². The van der Waals surface area contributed by atoms with Crippen molar-refractivity contribution < 1.29 is 4.39 Å². The fourth-order valence-electron chi connectivity index (χ4n) is 1.16. The zero-order chi connectivity index (χ0) is 11.5. The van der Waals surface area contributed by atoms with E-state index < -0.39 is 5.82 Å². The van der Waals surface area contributed by atoms with Crippen LogP contribution in [-0.4, -0.2) is 9.97 Å². The summed E-state index contributed by atoms with van der Waals surface area (Å²) in [7, 11) is 0. The van der Waals surface area contributed by atoms with Gasteiger partial charge in [-0.05, 0) is 18.2 Å². The molecule has 0 bridgehead atoms. The molecule has 0 aliphatic heterocycles. The number of hydrogen-bond donors (Lipinski definition) is 2. The third-order valence-electron chi connectivity index (χ3n) is 1.92. The van der Waals surface area contributed by atoms with E-state index in [4.69, 9.17) is 17.3 Å². The lowest BCUT2D eigenvalue weighted by atomic mass is 10.3. The molecule has 0 amide bonds. The van der Waals surface area contributed by atoms with Crippen LogP contribution in [0.15, 0.2) is 30.7 Å². The molecule has 0 spiro atoms. The summed E-state index contributed by atoms with van der Waals surface area (Å²) in [6, 6.07) is 4.35. The van der Waals surface area contributed by atoms with Gasteiger partial charge in [0.1, 0.15) is 12.1 Å². The second kappa shape index (κ2) is 4.32. The Bertz CT molecular complexity index is 518. The summed E-state index contributed by atoms with van der Waals surface area (Å²) in [4.78, 5) is 7.67. The van der Waals surface area contributed by atoms with Gasteiger partial charge in [-0.2, -0.15) is 0 Å². The zero-order valence-electron chi connectivity index (χ0n) is 8.11. The highest BCUT2D eigenvalue weighted by Crippen LogP contribution is 2.23. The highest BCUT2D eigenvalue weighted by molar-refractivity contribution is 6.30. The van der Waals surface area contributed by atoms with Crippen LogP contribution in [0.2, 0.25) is 5.02 Å². The smallest absolute Gasteiger partial charge is 0.157 e. The number of nitrogen functional groups attached to an aromatic ring is 1. The lowest BCUT2D eigenvalue weighted by Gasteiger charge is -2.07. The quantitative estimate of drug-likeness (QED) is 0.844. The number of nitrogens with two attached hydrogens (primary N) is 1. The van der Waals surface area contributed by atoms with Crippen molar-refractivity contribution in [3.8, 4) is 0 Å². The largest absolute Gasteiger partial charge is 0.394 e. The van der Waals surface area contributed by atoms with Gasteiger partial charge in [0.2, 0.25) is 0 Å². The monoisotopic (exact) mass is 238 g/mol. The Kier molecular flexibility index (Phi) is 2.87. The Morgan fingerprint density at radius 2 is 2.19 bits per heavy atom. The van der Waals surface area contributed by atoms with Crippen LogP contribution >= 0.6 is 11.6 Å². The highest BCUT2D eigenvalue weighted by atomic mass is 35.5. The van der Waals surface area contributed by atoms with Crippen LogP contribution in [0.3, 0.4) is 0 Å². The van der Waals surface area contributed by atoms with Crippen molar-refractivity contribution in [2.24, 2.45) is 0 Å². The highest BCUT2D eigenvalue weighted by Gasteiger charge is 2.03. The van der Waals surface area contributed by atoms with Gasteiger partial charge in [-0.25, -0.2) is 14.4 Å². The maximum atomic E-state index is 13.1.